The first-order valence-corrected chi connectivity index (χ1v) is 7.50. The van der Waals surface area contributed by atoms with E-state index in [4.69, 9.17) is 11.6 Å². The first-order valence-electron chi connectivity index (χ1n) is 7.13. The largest absolute Gasteiger partial charge is 0.433 e. The average Bonchev–Trinajstić information content (AvgIpc) is 2.96. The second kappa shape index (κ2) is 5.26. The molecule has 0 atom stereocenters. The molecule has 118 valence electrons. The topological polar surface area (TPSA) is 30.7 Å². The van der Waals surface area contributed by atoms with E-state index in [-0.39, 0.29) is 22.3 Å². The van der Waals surface area contributed by atoms with Gasteiger partial charge in [-0.1, -0.05) is 25.4 Å². The molecule has 0 N–H and O–H groups in total. The predicted molar refractivity (Wildman–Crippen MR) is 77.5 cm³/mol. The Hall–Kier alpha value is -1.56. The molecule has 3 rings (SSSR count). The van der Waals surface area contributed by atoms with Crippen molar-refractivity contribution in [3.63, 3.8) is 0 Å². The van der Waals surface area contributed by atoms with Crippen LogP contribution in [0.15, 0.2) is 12.3 Å². The molecule has 0 fully saturated rings. The average molecular weight is 330 g/mol. The van der Waals surface area contributed by atoms with Crippen molar-refractivity contribution >= 4 is 11.6 Å². The van der Waals surface area contributed by atoms with Crippen molar-refractivity contribution in [2.75, 3.05) is 0 Å². The quantitative estimate of drug-likeness (QED) is 0.809. The Bertz CT molecular complexity index is 720. The van der Waals surface area contributed by atoms with E-state index in [1.165, 1.54) is 0 Å². The van der Waals surface area contributed by atoms with E-state index in [0.29, 0.717) is 25.0 Å². The molecule has 22 heavy (non-hydrogen) atoms. The molecule has 0 saturated carbocycles. The number of fused-ring (bicyclic) bond motifs is 1. The minimum Gasteiger partial charge on any atom is -0.236 e. The van der Waals surface area contributed by atoms with Crippen molar-refractivity contribution in [3.8, 4) is 5.82 Å². The fourth-order valence-electron chi connectivity index (χ4n) is 2.75. The number of nitrogens with zero attached hydrogens (tertiary/aromatic N) is 3. The van der Waals surface area contributed by atoms with Crippen LogP contribution in [0.4, 0.5) is 13.2 Å². The minimum atomic E-state index is -4.48. The van der Waals surface area contributed by atoms with Gasteiger partial charge in [0.05, 0.1) is 10.7 Å². The first kappa shape index (κ1) is 15.3. The summed E-state index contributed by atoms with van der Waals surface area (Å²) in [5.41, 5.74) is 0.908. The summed E-state index contributed by atoms with van der Waals surface area (Å²) in [4.78, 5) is 4.13. The van der Waals surface area contributed by atoms with Gasteiger partial charge in [-0.15, -0.1) is 0 Å². The van der Waals surface area contributed by atoms with Gasteiger partial charge in [-0.05, 0) is 36.8 Å². The molecule has 0 spiro atoms. The highest BCUT2D eigenvalue weighted by atomic mass is 35.5. The van der Waals surface area contributed by atoms with Crippen LogP contribution in [0.2, 0.25) is 5.02 Å². The Morgan fingerprint density at radius 1 is 1.27 bits per heavy atom. The van der Waals surface area contributed by atoms with E-state index in [1.807, 2.05) is 13.8 Å². The van der Waals surface area contributed by atoms with Crippen LogP contribution in [0, 0.1) is 0 Å². The van der Waals surface area contributed by atoms with Crippen LogP contribution >= 0.6 is 11.6 Å². The third-order valence-corrected chi connectivity index (χ3v) is 4.16. The van der Waals surface area contributed by atoms with Gasteiger partial charge in [-0.2, -0.15) is 18.3 Å². The summed E-state index contributed by atoms with van der Waals surface area (Å²) in [6, 6.07) is 1.65. The maximum Gasteiger partial charge on any atom is 0.433 e. The van der Waals surface area contributed by atoms with Crippen LogP contribution in [-0.4, -0.2) is 14.8 Å². The molecular formula is C15H15ClF3N3. The molecule has 2 aromatic rings. The van der Waals surface area contributed by atoms with Gasteiger partial charge >= 0.3 is 6.18 Å². The van der Waals surface area contributed by atoms with Crippen LogP contribution < -0.4 is 0 Å². The lowest BCUT2D eigenvalue weighted by Crippen LogP contribution is -2.16. The molecule has 0 aliphatic heterocycles. The summed E-state index contributed by atoms with van der Waals surface area (Å²) in [5, 5.41) is 4.29. The monoisotopic (exact) mass is 329 g/mol. The second-order valence-electron chi connectivity index (χ2n) is 5.77. The molecule has 1 aliphatic carbocycles. The van der Waals surface area contributed by atoms with Gasteiger partial charge in [0.2, 0.25) is 0 Å². The molecule has 1 aliphatic rings. The molecular weight excluding hydrogens is 315 g/mol. The van der Waals surface area contributed by atoms with Crippen molar-refractivity contribution in [2.24, 2.45) is 0 Å². The summed E-state index contributed by atoms with van der Waals surface area (Å²) < 4.78 is 41.1. The number of rotatable bonds is 2. The fourth-order valence-corrected chi connectivity index (χ4v) is 3.01. The maximum atomic E-state index is 13.4. The second-order valence-corrected chi connectivity index (χ2v) is 6.17. The molecule has 0 radical (unpaired) electrons. The summed E-state index contributed by atoms with van der Waals surface area (Å²) in [5.74, 6) is 0.233. The SMILES string of the molecule is CC(C)c1cnc(-n2nc3c(c2C(F)(F)F)CCC3)c(Cl)c1. The van der Waals surface area contributed by atoms with E-state index in [9.17, 15) is 13.2 Å². The standard InChI is InChI=1S/C15H15ClF3N3/c1-8(2)9-6-11(16)14(20-7-9)22-13(15(17,18)19)10-4-3-5-12(10)21-22/h6-8H,3-5H2,1-2H3. The zero-order valence-electron chi connectivity index (χ0n) is 12.2. The number of halogens is 4. The van der Waals surface area contributed by atoms with E-state index in [0.717, 1.165) is 10.2 Å². The summed E-state index contributed by atoms with van der Waals surface area (Å²) in [7, 11) is 0. The van der Waals surface area contributed by atoms with Crippen LogP contribution in [0.5, 0.6) is 0 Å². The minimum absolute atomic E-state index is 0.0350. The highest BCUT2D eigenvalue weighted by Crippen LogP contribution is 2.39. The zero-order valence-corrected chi connectivity index (χ0v) is 13.0. The van der Waals surface area contributed by atoms with Gasteiger partial charge in [-0.3, -0.25) is 0 Å². The Kier molecular flexibility index (Phi) is 3.67. The Morgan fingerprint density at radius 3 is 2.59 bits per heavy atom. The highest BCUT2D eigenvalue weighted by molar-refractivity contribution is 6.32. The molecule has 2 aromatic heterocycles. The third kappa shape index (κ3) is 2.49. The number of alkyl halides is 3. The highest BCUT2D eigenvalue weighted by Gasteiger charge is 2.41. The van der Waals surface area contributed by atoms with Gasteiger partial charge < -0.3 is 0 Å². The molecule has 3 nitrogen and oxygen atoms in total. The van der Waals surface area contributed by atoms with Crippen molar-refractivity contribution in [1.29, 1.82) is 0 Å². The lowest BCUT2D eigenvalue weighted by Gasteiger charge is -2.14. The number of pyridine rings is 1. The number of hydrogen-bond acceptors (Lipinski definition) is 2. The summed E-state index contributed by atoms with van der Waals surface area (Å²) >= 11 is 6.16. The molecule has 0 bridgehead atoms. The molecule has 0 amide bonds. The first-order chi connectivity index (χ1) is 10.3. The van der Waals surface area contributed by atoms with Crippen molar-refractivity contribution < 1.29 is 13.2 Å². The molecule has 0 saturated heterocycles. The fraction of sp³-hybridized carbons (Fsp3) is 0.467. The predicted octanol–water partition coefficient (Wildman–Crippen LogP) is 4.55. The van der Waals surface area contributed by atoms with Crippen molar-refractivity contribution in [1.82, 2.24) is 14.8 Å². The lowest BCUT2D eigenvalue weighted by molar-refractivity contribution is -0.143. The molecule has 0 unspecified atom stereocenters. The summed E-state index contributed by atoms with van der Waals surface area (Å²) in [6.45, 7) is 3.94. The third-order valence-electron chi connectivity index (χ3n) is 3.89. The Balaban J connectivity index is 2.17. The van der Waals surface area contributed by atoms with E-state index in [2.05, 4.69) is 10.1 Å². The molecule has 7 heteroatoms. The van der Waals surface area contributed by atoms with Crippen LogP contribution in [0.25, 0.3) is 5.82 Å². The van der Waals surface area contributed by atoms with Gasteiger partial charge in [0.15, 0.2) is 11.5 Å². The smallest absolute Gasteiger partial charge is 0.236 e. The van der Waals surface area contributed by atoms with E-state index < -0.39 is 11.9 Å². The molecule has 2 heterocycles. The van der Waals surface area contributed by atoms with Gasteiger partial charge in [0, 0.05) is 11.8 Å². The zero-order chi connectivity index (χ0) is 16.1. The van der Waals surface area contributed by atoms with Crippen LogP contribution in [-0.2, 0) is 19.0 Å². The van der Waals surface area contributed by atoms with Crippen LogP contribution in [0.3, 0.4) is 0 Å². The normalized spacial score (nSPS) is 14.7. The van der Waals surface area contributed by atoms with Gasteiger partial charge in [0.25, 0.3) is 0 Å². The van der Waals surface area contributed by atoms with Crippen molar-refractivity contribution in [2.45, 2.75) is 45.2 Å². The number of aromatic nitrogens is 3. The van der Waals surface area contributed by atoms with Crippen molar-refractivity contribution in [3.05, 3.63) is 39.8 Å². The summed E-state index contributed by atoms with van der Waals surface area (Å²) in [6.07, 6.45) is -1.26. The number of hydrogen-bond donors (Lipinski definition) is 0. The van der Waals surface area contributed by atoms with E-state index in [1.54, 1.807) is 12.3 Å². The van der Waals surface area contributed by atoms with Crippen LogP contribution in [0.1, 0.15) is 48.7 Å². The lowest BCUT2D eigenvalue weighted by atomic mass is 10.1. The van der Waals surface area contributed by atoms with Gasteiger partial charge in [0.1, 0.15) is 0 Å². The number of aryl methyl sites for hydroxylation is 1. The maximum absolute atomic E-state index is 13.4. The molecule has 0 aromatic carbocycles. The Labute approximate surface area is 131 Å². The van der Waals surface area contributed by atoms with E-state index >= 15 is 0 Å². The Morgan fingerprint density at radius 2 is 2.00 bits per heavy atom. The van der Waals surface area contributed by atoms with Gasteiger partial charge in [-0.25, -0.2) is 9.67 Å².